The highest BCUT2D eigenvalue weighted by atomic mass is 35.5. The molecule has 158 valence electrons. The van der Waals surface area contributed by atoms with Crippen LogP contribution in [0.5, 0.6) is 0 Å². The van der Waals surface area contributed by atoms with Crippen molar-refractivity contribution < 1.29 is 9.59 Å². The first-order valence-electron chi connectivity index (χ1n) is 10.0. The third kappa shape index (κ3) is 4.46. The second kappa shape index (κ2) is 8.83. The molecule has 2 aliphatic heterocycles. The Kier molecular flexibility index (Phi) is 5.98. The Morgan fingerprint density at radius 2 is 2.07 bits per heavy atom. The third-order valence-corrected chi connectivity index (χ3v) is 5.66. The topological polar surface area (TPSA) is 103 Å². The largest absolute Gasteiger partial charge is 0.361 e. The minimum atomic E-state index is -0.389. The lowest BCUT2D eigenvalue weighted by Crippen LogP contribution is -2.53. The minimum absolute atomic E-state index is 0.0101. The number of nitrogens with zero attached hydrogens (tertiary/aromatic N) is 5. The fourth-order valence-electron chi connectivity index (χ4n) is 3.67. The molecular formula is C20H24ClN7O2. The van der Waals surface area contributed by atoms with Gasteiger partial charge >= 0.3 is 0 Å². The smallest absolute Gasteiger partial charge is 0.245 e. The molecule has 0 bridgehead atoms. The molecule has 2 saturated heterocycles. The Morgan fingerprint density at radius 1 is 1.27 bits per heavy atom. The Morgan fingerprint density at radius 3 is 2.73 bits per heavy atom. The number of aromatic nitrogens is 3. The van der Waals surface area contributed by atoms with Crippen LogP contribution in [0.4, 0.5) is 11.8 Å². The van der Waals surface area contributed by atoms with Crippen molar-refractivity contribution >= 4 is 35.2 Å². The van der Waals surface area contributed by atoms with Crippen LogP contribution in [0.15, 0.2) is 30.6 Å². The summed E-state index contributed by atoms with van der Waals surface area (Å²) in [7, 11) is 0. The molecule has 2 aliphatic rings. The Labute approximate surface area is 179 Å². The molecule has 4 rings (SSSR count). The summed E-state index contributed by atoms with van der Waals surface area (Å²) >= 11 is 6.30. The van der Waals surface area contributed by atoms with Crippen molar-refractivity contribution in [2.75, 3.05) is 36.4 Å². The lowest BCUT2D eigenvalue weighted by atomic mass is 10.2. The number of anilines is 2. The van der Waals surface area contributed by atoms with Crippen LogP contribution < -0.4 is 15.5 Å². The highest BCUT2D eigenvalue weighted by Gasteiger charge is 2.32. The molecule has 4 heterocycles. The van der Waals surface area contributed by atoms with Crippen LogP contribution in [0.25, 0.3) is 0 Å². The van der Waals surface area contributed by atoms with Gasteiger partial charge in [-0.05, 0) is 25.5 Å². The molecule has 30 heavy (non-hydrogen) atoms. The molecule has 9 nitrogen and oxygen atoms in total. The number of pyridine rings is 1. The summed E-state index contributed by atoms with van der Waals surface area (Å²) in [4.78, 5) is 41.1. The van der Waals surface area contributed by atoms with E-state index in [1.807, 2.05) is 30.0 Å². The highest BCUT2D eigenvalue weighted by molar-refractivity contribution is 6.32. The van der Waals surface area contributed by atoms with Crippen LogP contribution in [0.1, 0.15) is 31.5 Å². The predicted molar refractivity (Wildman–Crippen MR) is 113 cm³/mol. The Hall–Kier alpha value is -2.94. The van der Waals surface area contributed by atoms with Crippen molar-refractivity contribution in [1.82, 2.24) is 25.2 Å². The van der Waals surface area contributed by atoms with Crippen LogP contribution in [0.3, 0.4) is 0 Å². The molecule has 2 aromatic rings. The van der Waals surface area contributed by atoms with Gasteiger partial charge in [0.15, 0.2) is 5.82 Å². The average Bonchev–Trinajstić information content (AvgIpc) is 3.22. The van der Waals surface area contributed by atoms with E-state index in [2.05, 4.69) is 25.6 Å². The van der Waals surface area contributed by atoms with Crippen LogP contribution in [-0.2, 0) is 9.59 Å². The quantitative estimate of drug-likeness (QED) is 0.744. The second-order valence-electron chi connectivity index (χ2n) is 7.46. The lowest BCUT2D eigenvalue weighted by molar-refractivity contribution is -0.134. The summed E-state index contributed by atoms with van der Waals surface area (Å²) in [6.45, 7) is 4.34. The first-order valence-corrected chi connectivity index (χ1v) is 10.4. The molecule has 2 aromatic heterocycles. The number of hydrogen-bond acceptors (Lipinski definition) is 7. The lowest BCUT2D eigenvalue weighted by Gasteiger charge is -2.36. The van der Waals surface area contributed by atoms with Gasteiger partial charge in [0.1, 0.15) is 11.1 Å². The molecule has 2 amide bonds. The van der Waals surface area contributed by atoms with E-state index in [0.29, 0.717) is 55.8 Å². The maximum atomic E-state index is 12.6. The SMILES string of the molecule is C[C@@H](Nc1nc(N2CCN(C(=O)[C@H]3CCC(=O)N3)CC2)ncc1Cl)c1ccccn1. The summed E-state index contributed by atoms with van der Waals surface area (Å²) in [5, 5.41) is 6.48. The number of carbonyl (C=O) groups is 2. The number of halogens is 1. The first kappa shape index (κ1) is 20.3. The fraction of sp³-hybridized carbons (Fsp3) is 0.450. The molecule has 2 N–H and O–H groups in total. The number of rotatable bonds is 5. The Bertz CT molecular complexity index is 919. The van der Waals surface area contributed by atoms with Crippen LogP contribution >= 0.6 is 11.6 Å². The van der Waals surface area contributed by atoms with Crippen molar-refractivity contribution in [2.24, 2.45) is 0 Å². The molecule has 2 atom stereocenters. The summed E-state index contributed by atoms with van der Waals surface area (Å²) in [5.74, 6) is 1.05. The van der Waals surface area contributed by atoms with E-state index in [4.69, 9.17) is 11.6 Å². The molecule has 0 aliphatic carbocycles. The molecule has 2 fully saturated rings. The Balaban J connectivity index is 1.39. The van der Waals surface area contributed by atoms with Gasteiger partial charge in [0.2, 0.25) is 17.8 Å². The number of hydrogen-bond donors (Lipinski definition) is 2. The van der Waals surface area contributed by atoms with Gasteiger partial charge in [-0.1, -0.05) is 17.7 Å². The summed E-state index contributed by atoms with van der Waals surface area (Å²) in [5.41, 5.74) is 0.889. The van der Waals surface area contributed by atoms with Gasteiger partial charge in [-0.15, -0.1) is 0 Å². The maximum absolute atomic E-state index is 12.6. The predicted octanol–water partition coefficient (Wildman–Crippen LogP) is 1.63. The molecule has 0 radical (unpaired) electrons. The number of piperazine rings is 1. The standard InChI is InChI=1S/C20H24ClN7O2/c1-13(15-4-2-3-7-22-15)24-18-14(21)12-23-20(26-18)28-10-8-27(9-11-28)19(30)16-5-6-17(29)25-16/h2-4,7,12-13,16H,5-6,8-11H2,1H3,(H,25,29)(H,23,24,26)/t13-,16-/m1/s1. The maximum Gasteiger partial charge on any atom is 0.245 e. The van der Waals surface area contributed by atoms with Crippen molar-refractivity contribution in [3.8, 4) is 0 Å². The van der Waals surface area contributed by atoms with Gasteiger partial charge in [0, 0.05) is 38.8 Å². The molecule has 10 heteroatoms. The molecule has 0 unspecified atom stereocenters. The van der Waals surface area contributed by atoms with Gasteiger partial charge in [0.25, 0.3) is 0 Å². The van der Waals surface area contributed by atoms with Crippen molar-refractivity contribution in [1.29, 1.82) is 0 Å². The van der Waals surface area contributed by atoms with E-state index >= 15 is 0 Å². The highest BCUT2D eigenvalue weighted by Crippen LogP contribution is 2.25. The van der Waals surface area contributed by atoms with Crippen LogP contribution in [0, 0.1) is 0 Å². The van der Waals surface area contributed by atoms with E-state index in [-0.39, 0.29) is 23.9 Å². The fourth-order valence-corrected chi connectivity index (χ4v) is 3.81. The third-order valence-electron chi connectivity index (χ3n) is 5.38. The van der Waals surface area contributed by atoms with Crippen LogP contribution in [-0.4, -0.2) is 63.9 Å². The minimum Gasteiger partial charge on any atom is -0.361 e. The zero-order valence-electron chi connectivity index (χ0n) is 16.7. The summed E-state index contributed by atoms with van der Waals surface area (Å²) in [6.07, 6.45) is 4.32. The van der Waals surface area contributed by atoms with E-state index in [1.54, 1.807) is 17.3 Å². The van der Waals surface area contributed by atoms with E-state index < -0.39 is 0 Å². The van der Waals surface area contributed by atoms with E-state index in [0.717, 1.165) is 5.69 Å². The van der Waals surface area contributed by atoms with E-state index in [9.17, 15) is 9.59 Å². The summed E-state index contributed by atoms with van der Waals surface area (Å²) in [6, 6.07) is 5.29. The summed E-state index contributed by atoms with van der Waals surface area (Å²) < 4.78 is 0. The van der Waals surface area contributed by atoms with E-state index in [1.165, 1.54) is 0 Å². The normalized spacial score (nSPS) is 20.1. The van der Waals surface area contributed by atoms with Crippen molar-refractivity contribution in [2.45, 2.75) is 31.8 Å². The number of amides is 2. The van der Waals surface area contributed by atoms with Gasteiger partial charge in [-0.25, -0.2) is 4.98 Å². The zero-order chi connectivity index (χ0) is 21.1. The van der Waals surface area contributed by atoms with Crippen molar-refractivity contribution in [3.05, 3.63) is 41.3 Å². The number of nitrogens with one attached hydrogen (secondary N) is 2. The van der Waals surface area contributed by atoms with Gasteiger partial charge in [-0.2, -0.15) is 4.98 Å². The zero-order valence-corrected chi connectivity index (χ0v) is 17.5. The molecule has 0 saturated carbocycles. The van der Waals surface area contributed by atoms with Crippen molar-refractivity contribution in [3.63, 3.8) is 0 Å². The van der Waals surface area contributed by atoms with Gasteiger partial charge < -0.3 is 20.4 Å². The molecular weight excluding hydrogens is 406 g/mol. The average molecular weight is 430 g/mol. The second-order valence-corrected chi connectivity index (χ2v) is 7.87. The first-order chi connectivity index (χ1) is 14.5. The number of carbonyl (C=O) groups excluding carboxylic acids is 2. The monoisotopic (exact) mass is 429 g/mol. The van der Waals surface area contributed by atoms with Gasteiger partial charge in [0.05, 0.1) is 17.9 Å². The molecule has 0 spiro atoms. The van der Waals surface area contributed by atoms with Gasteiger partial charge in [-0.3, -0.25) is 14.6 Å². The molecule has 0 aromatic carbocycles. The van der Waals surface area contributed by atoms with Crippen LogP contribution in [0.2, 0.25) is 5.02 Å².